The Hall–Kier alpha value is -1.15. The third-order valence-corrected chi connectivity index (χ3v) is 2.96. The molecular weight excluding hydrogens is 244 g/mol. The molecule has 7 heteroatoms. The van der Waals surface area contributed by atoms with Crippen LogP contribution in [0.15, 0.2) is 0 Å². The Kier molecular flexibility index (Phi) is 4.33. The van der Waals surface area contributed by atoms with Gasteiger partial charge in [-0.3, -0.25) is 14.4 Å². The van der Waals surface area contributed by atoms with Crippen molar-refractivity contribution in [3.63, 3.8) is 0 Å². The van der Waals surface area contributed by atoms with Gasteiger partial charge < -0.3 is 20.1 Å². The van der Waals surface area contributed by atoms with Gasteiger partial charge in [-0.2, -0.15) is 0 Å². The molecule has 1 aliphatic heterocycles. The zero-order valence-corrected chi connectivity index (χ0v) is 9.96. The number of ketones is 2. The third kappa shape index (κ3) is 3.20. The number of hydrogen-bond acceptors (Lipinski definition) is 7. The smallest absolute Gasteiger partial charge is 0.204 e. The van der Waals surface area contributed by atoms with Gasteiger partial charge >= 0.3 is 0 Å². The van der Waals surface area contributed by atoms with E-state index in [1.54, 1.807) is 0 Å². The van der Waals surface area contributed by atoms with Gasteiger partial charge in [0.15, 0.2) is 23.6 Å². The molecule has 0 saturated carbocycles. The first-order chi connectivity index (χ1) is 8.24. The molecule has 102 valence electrons. The predicted octanol–water partition coefficient (Wildman–Crippen LogP) is -1.47. The van der Waals surface area contributed by atoms with Crippen molar-refractivity contribution in [1.29, 1.82) is 0 Å². The molecule has 3 N–H and O–H groups in total. The van der Waals surface area contributed by atoms with Gasteiger partial charge in [0.1, 0.15) is 6.61 Å². The van der Waals surface area contributed by atoms with E-state index in [1.165, 1.54) is 6.92 Å². The minimum Gasteiger partial charge on any atom is -0.389 e. The topological polar surface area (TPSA) is 121 Å². The van der Waals surface area contributed by atoms with Crippen molar-refractivity contribution in [2.45, 2.75) is 37.8 Å². The first kappa shape index (κ1) is 14.9. The molecule has 0 aromatic carbocycles. The lowest BCUT2D eigenvalue weighted by molar-refractivity contribution is -0.296. The fourth-order valence-corrected chi connectivity index (χ4v) is 2.00. The number of aliphatic hydroxyl groups excluding tert-OH is 1. The zero-order valence-electron chi connectivity index (χ0n) is 9.96. The SMILES string of the molecule is CC1(O)CCC(O)(C(CC(=O)CO)C(=O)C=O)O1. The summed E-state index contributed by atoms with van der Waals surface area (Å²) in [7, 11) is 0. The van der Waals surface area contributed by atoms with Gasteiger partial charge in [0.25, 0.3) is 0 Å². The fourth-order valence-electron chi connectivity index (χ4n) is 2.00. The van der Waals surface area contributed by atoms with Gasteiger partial charge in [-0.15, -0.1) is 0 Å². The van der Waals surface area contributed by atoms with Crippen molar-refractivity contribution in [3.05, 3.63) is 0 Å². The second kappa shape index (κ2) is 5.23. The molecule has 1 heterocycles. The molecule has 1 aliphatic rings. The normalized spacial score (nSPS) is 33.1. The van der Waals surface area contributed by atoms with Gasteiger partial charge in [-0.25, -0.2) is 0 Å². The van der Waals surface area contributed by atoms with E-state index in [9.17, 15) is 24.6 Å². The Morgan fingerprint density at radius 2 is 2.00 bits per heavy atom. The fraction of sp³-hybridized carbons (Fsp3) is 0.727. The van der Waals surface area contributed by atoms with Gasteiger partial charge in [-0.05, 0) is 6.92 Å². The molecule has 0 aromatic rings. The van der Waals surface area contributed by atoms with E-state index in [4.69, 9.17) is 9.84 Å². The monoisotopic (exact) mass is 260 g/mol. The number of carbonyl (C=O) groups excluding carboxylic acids is 3. The Labute approximate surface area is 103 Å². The van der Waals surface area contributed by atoms with E-state index in [2.05, 4.69) is 0 Å². The molecule has 1 saturated heterocycles. The number of hydrogen-bond donors (Lipinski definition) is 3. The summed E-state index contributed by atoms with van der Waals surface area (Å²) in [6, 6.07) is 0. The highest BCUT2D eigenvalue weighted by atomic mass is 16.7. The van der Waals surface area contributed by atoms with Gasteiger partial charge in [-0.1, -0.05) is 0 Å². The summed E-state index contributed by atoms with van der Waals surface area (Å²) in [5, 5.41) is 28.4. The number of aldehydes is 1. The minimum atomic E-state index is -2.06. The molecule has 18 heavy (non-hydrogen) atoms. The number of rotatable bonds is 6. The molecule has 0 amide bonds. The standard InChI is InChI=1S/C11H16O7/c1-10(16)2-3-11(17,18-10)8(9(15)6-13)4-7(14)5-12/h6,8,12,16-17H,2-5H2,1H3. The second-order valence-electron chi connectivity index (χ2n) is 4.60. The van der Waals surface area contributed by atoms with Crippen molar-refractivity contribution < 1.29 is 34.4 Å². The second-order valence-corrected chi connectivity index (χ2v) is 4.60. The van der Waals surface area contributed by atoms with Crippen LogP contribution in [-0.2, 0) is 19.1 Å². The number of aliphatic hydroxyl groups is 3. The van der Waals surface area contributed by atoms with E-state index < -0.39 is 42.1 Å². The molecule has 0 aromatic heterocycles. The quantitative estimate of drug-likeness (QED) is 0.393. The van der Waals surface area contributed by atoms with Crippen LogP contribution >= 0.6 is 0 Å². The molecular formula is C11H16O7. The minimum absolute atomic E-state index is 0.0102. The maximum absolute atomic E-state index is 11.4. The first-order valence-electron chi connectivity index (χ1n) is 5.50. The largest absolute Gasteiger partial charge is 0.389 e. The molecule has 0 spiro atoms. The van der Waals surface area contributed by atoms with E-state index in [0.29, 0.717) is 0 Å². The van der Waals surface area contributed by atoms with Gasteiger partial charge in [0, 0.05) is 19.3 Å². The van der Waals surface area contributed by atoms with Crippen LogP contribution in [0.1, 0.15) is 26.2 Å². The van der Waals surface area contributed by atoms with Crippen LogP contribution in [0.2, 0.25) is 0 Å². The van der Waals surface area contributed by atoms with Crippen LogP contribution in [0.3, 0.4) is 0 Å². The molecule has 3 unspecified atom stereocenters. The predicted molar refractivity (Wildman–Crippen MR) is 57.2 cm³/mol. The third-order valence-electron chi connectivity index (χ3n) is 2.96. The Balaban J connectivity index is 2.93. The summed E-state index contributed by atoms with van der Waals surface area (Å²) < 4.78 is 4.96. The van der Waals surface area contributed by atoms with Gasteiger partial charge in [0.2, 0.25) is 5.78 Å². The molecule has 0 radical (unpaired) electrons. The van der Waals surface area contributed by atoms with Crippen LogP contribution in [0.5, 0.6) is 0 Å². The van der Waals surface area contributed by atoms with E-state index in [1.807, 2.05) is 0 Å². The highest BCUT2D eigenvalue weighted by Crippen LogP contribution is 2.40. The Morgan fingerprint density at radius 1 is 1.39 bits per heavy atom. The van der Waals surface area contributed by atoms with Crippen LogP contribution < -0.4 is 0 Å². The molecule has 7 nitrogen and oxygen atoms in total. The molecule has 3 atom stereocenters. The summed E-state index contributed by atoms with van der Waals surface area (Å²) >= 11 is 0. The Bertz CT molecular complexity index is 362. The van der Waals surface area contributed by atoms with Crippen molar-refractivity contribution >= 4 is 17.9 Å². The van der Waals surface area contributed by atoms with Crippen LogP contribution in [0, 0.1) is 5.92 Å². The zero-order chi connectivity index (χ0) is 14.0. The lowest BCUT2D eigenvalue weighted by atomic mass is 9.87. The molecule has 1 fully saturated rings. The lowest BCUT2D eigenvalue weighted by Crippen LogP contribution is -2.46. The lowest BCUT2D eigenvalue weighted by Gasteiger charge is -2.31. The molecule has 0 bridgehead atoms. The first-order valence-corrected chi connectivity index (χ1v) is 5.50. The molecule has 0 aliphatic carbocycles. The maximum Gasteiger partial charge on any atom is 0.204 e. The average molecular weight is 260 g/mol. The number of Topliss-reactive ketones (excluding diaryl/α,β-unsaturated/α-hetero) is 2. The van der Waals surface area contributed by atoms with Crippen LogP contribution in [-0.4, -0.2) is 51.4 Å². The summed E-state index contributed by atoms with van der Waals surface area (Å²) in [6.45, 7) is 0.510. The van der Waals surface area contributed by atoms with E-state index >= 15 is 0 Å². The van der Waals surface area contributed by atoms with Crippen molar-refractivity contribution in [2.24, 2.45) is 5.92 Å². The van der Waals surface area contributed by atoms with Crippen molar-refractivity contribution in [2.75, 3.05) is 6.61 Å². The Morgan fingerprint density at radius 3 is 2.39 bits per heavy atom. The van der Waals surface area contributed by atoms with Gasteiger partial charge in [0.05, 0.1) is 5.92 Å². The highest BCUT2D eigenvalue weighted by molar-refractivity contribution is 6.26. The number of ether oxygens (including phenoxy) is 1. The summed E-state index contributed by atoms with van der Waals surface area (Å²) in [6.07, 6.45) is -0.535. The highest BCUT2D eigenvalue weighted by Gasteiger charge is 2.52. The van der Waals surface area contributed by atoms with Crippen LogP contribution in [0.4, 0.5) is 0 Å². The summed E-state index contributed by atoms with van der Waals surface area (Å²) in [5.74, 6) is -6.79. The van der Waals surface area contributed by atoms with Crippen LogP contribution in [0.25, 0.3) is 0 Å². The molecule has 1 rings (SSSR count). The van der Waals surface area contributed by atoms with Crippen molar-refractivity contribution in [1.82, 2.24) is 0 Å². The van der Waals surface area contributed by atoms with Crippen molar-refractivity contribution in [3.8, 4) is 0 Å². The summed E-state index contributed by atoms with van der Waals surface area (Å²) in [5.41, 5.74) is 0. The van der Waals surface area contributed by atoms with E-state index in [-0.39, 0.29) is 19.1 Å². The van der Waals surface area contributed by atoms with E-state index in [0.717, 1.165) is 0 Å². The number of carbonyl (C=O) groups is 3. The maximum atomic E-state index is 11.4. The average Bonchev–Trinajstić information content (AvgIpc) is 2.60. The summed E-state index contributed by atoms with van der Waals surface area (Å²) in [4.78, 5) is 33.1.